The maximum atomic E-state index is 6.28. The van der Waals surface area contributed by atoms with Gasteiger partial charge in [0, 0.05) is 56.2 Å². The van der Waals surface area contributed by atoms with Crippen molar-refractivity contribution >= 4 is 54.6 Å². The van der Waals surface area contributed by atoms with Gasteiger partial charge in [0.1, 0.15) is 22.3 Å². The number of nitrogens with zero attached hydrogens (tertiary/aromatic N) is 2. The molecule has 0 saturated heterocycles. The second kappa shape index (κ2) is 10.5. The lowest BCUT2D eigenvalue weighted by Crippen LogP contribution is -1.89. The van der Waals surface area contributed by atoms with Crippen LogP contribution < -0.4 is 0 Å². The van der Waals surface area contributed by atoms with Gasteiger partial charge in [-0.3, -0.25) is 9.97 Å². The van der Waals surface area contributed by atoms with E-state index in [0.717, 1.165) is 88.6 Å². The van der Waals surface area contributed by atoms with Gasteiger partial charge >= 0.3 is 0 Å². The first-order valence-corrected chi connectivity index (χ1v) is 16.1. The van der Waals surface area contributed by atoms with E-state index < -0.39 is 0 Å². The zero-order valence-corrected chi connectivity index (χ0v) is 25.7. The summed E-state index contributed by atoms with van der Waals surface area (Å²) >= 11 is 0. The van der Waals surface area contributed by atoms with Crippen molar-refractivity contribution in [3.63, 3.8) is 0 Å². The molecule has 224 valence electrons. The number of pyridine rings is 2. The van der Waals surface area contributed by atoms with Crippen molar-refractivity contribution in [2.45, 2.75) is 0 Å². The molecule has 0 saturated carbocycles. The van der Waals surface area contributed by atoms with Gasteiger partial charge in [0.2, 0.25) is 0 Å². The molecule has 4 heterocycles. The first-order valence-electron chi connectivity index (χ1n) is 16.1. The molecule has 6 aromatic carbocycles. The predicted molar refractivity (Wildman–Crippen MR) is 196 cm³/mol. The average Bonchev–Trinajstić information content (AvgIpc) is 3.73. The van der Waals surface area contributed by atoms with Crippen molar-refractivity contribution in [1.82, 2.24) is 9.97 Å². The molecule has 0 bridgehead atoms. The smallest absolute Gasteiger partial charge is 0.144 e. The van der Waals surface area contributed by atoms with E-state index in [1.165, 1.54) is 10.8 Å². The minimum Gasteiger partial charge on any atom is -0.455 e. The second-order valence-corrected chi connectivity index (χ2v) is 12.1. The van der Waals surface area contributed by atoms with E-state index in [0.29, 0.717) is 0 Å². The monoisotopic (exact) mass is 614 g/mol. The number of aromatic nitrogens is 2. The molecule has 0 N–H and O–H groups in total. The molecule has 4 aromatic heterocycles. The second-order valence-electron chi connectivity index (χ2n) is 12.1. The summed E-state index contributed by atoms with van der Waals surface area (Å²) < 4.78 is 12.6. The van der Waals surface area contributed by atoms with Crippen molar-refractivity contribution in [1.29, 1.82) is 0 Å². The molecule has 0 unspecified atom stereocenters. The third-order valence-corrected chi connectivity index (χ3v) is 9.43. The Hall–Kier alpha value is -6.52. The van der Waals surface area contributed by atoms with Gasteiger partial charge in [0.25, 0.3) is 0 Å². The highest BCUT2D eigenvalue weighted by Crippen LogP contribution is 2.39. The van der Waals surface area contributed by atoms with Crippen LogP contribution >= 0.6 is 0 Å². The fourth-order valence-corrected chi connectivity index (χ4v) is 7.14. The van der Waals surface area contributed by atoms with Gasteiger partial charge in [-0.1, -0.05) is 109 Å². The SMILES string of the molecule is c1ccc2c(c1)oc1c(-c3ccc(-c4cccc5c(-c6ccc(-c7cccc8c7oc7ccccc78)nc6)cccc45)cn3)cccc12. The van der Waals surface area contributed by atoms with E-state index in [-0.39, 0.29) is 0 Å². The molecule has 4 heteroatoms. The number of hydrogen-bond donors (Lipinski definition) is 0. The number of hydrogen-bond acceptors (Lipinski definition) is 4. The zero-order valence-electron chi connectivity index (χ0n) is 25.7. The van der Waals surface area contributed by atoms with Crippen molar-refractivity contribution in [2.24, 2.45) is 0 Å². The number of para-hydroxylation sites is 4. The Kier molecular flexibility index (Phi) is 5.84. The molecule has 0 radical (unpaired) electrons. The van der Waals surface area contributed by atoms with Crippen molar-refractivity contribution in [3.8, 4) is 44.8 Å². The third kappa shape index (κ3) is 4.10. The third-order valence-electron chi connectivity index (χ3n) is 9.43. The van der Waals surface area contributed by atoms with Gasteiger partial charge in [0.05, 0.1) is 11.4 Å². The largest absolute Gasteiger partial charge is 0.455 e. The Morgan fingerprint density at radius 3 is 1.15 bits per heavy atom. The lowest BCUT2D eigenvalue weighted by atomic mass is 9.93. The standard InChI is InChI=1S/C44H26N2O2/c1-3-19-41-33(9-1)35-15-7-17-37(43(35)47-41)39-23-21-27(25-45-39)29-11-5-14-32-30(12-6-13-31(29)32)28-22-24-40(46-26-28)38-18-8-16-36-34-10-2-4-20-42(34)48-44(36)38/h1-26H. The van der Waals surface area contributed by atoms with Crippen LogP contribution in [0.3, 0.4) is 0 Å². The highest BCUT2D eigenvalue weighted by Gasteiger charge is 2.16. The minimum absolute atomic E-state index is 0.864. The lowest BCUT2D eigenvalue weighted by molar-refractivity contribution is 0.669. The summed E-state index contributed by atoms with van der Waals surface area (Å²) in [4.78, 5) is 9.86. The van der Waals surface area contributed by atoms with Crippen molar-refractivity contribution < 1.29 is 8.83 Å². The van der Waals surface area contributed by atoms with E-state index in [9.17, 15) is 0 Å². The van der Waals surface area contributed by atoms with Crippen LogP contribution in [0, 0.1) is 0 Å². The van der Waals surface area contributed by atoms with E-state index in [1.807, 2.05) is 48.8 Å². The summed E-state index contributed by atoms with van der Waals surface area (Å²) in [5, 5.41) is 6.77. The summed E-state index contributed by atoms with van der Waals surface area (Å²) in [6.07, 6.45) is 3.93. The maximum absolute atomic E-state index is 6.28. The van der Waals surface area contributed by atoms with Gasteiger partial charge < -0.3 is 8.83 Å². The highest BCUT2D eigenvalue weighted by molar-refractivity contribution is 6.10. The number of fused-ring (bicyclic) bond motifs is 7. The molecular weight excluding hydrogens is 588 g/mol. The zero-order chi connectivity index (χ0) is 31.6. The Balaban J connectivity index is 1.01. The molecule has 0 aliphatic heterocycles. The maximum Gasteiger partial charge on any atom is 0.144 e. The lowest BCUT2D eigenvalue weighted by Gasteiger charge is -2.12. The molecular formula is C44H26N2O2. The molecule has 0 spiro atoms. The van der Waals surface area contributed by atoms with Gasteiger partial charge in [0.15, 0.2) is 0 Å². The normalized spacial score (nSPS) is 11.8. The van der Waals surface area contributed by atoms with Crippen LogP contribution in [0.1, 0.15) is 0 Å². The van der Waals surface area contributed by atoms with Crippen LogP contribution in [0.2, 0.25) is 0 Å². The molecule has 0 amide bonds. The first kappa shape index (κ1) is 26.7. The number of benzene rings is 6. The van der Waals surface area contributed by atoms with Crippen LogP contribution in [-0.4, -0.2) is 9.97 Å². The Morgan fingerprint density at radius 1 is 0.312 bits per heavy atom. The molecule has 4 nitrogen and oxygen atoms in total. The van der Waals surface area contributed by atoms with Gasteiger partial charge in [-0.25, -0.2) is 0 Å². The summed E-state index contributed by atoms with van der Waals surface area (Å²) in [5.74, 6) is 0. The number of furan rings is 2. The quantitative estimate of drug-likeness (QED) is 0.198. The van der Waals surface area contributed by atoms with E-state index in [2.05, 4.69) is 109 Å². The van der Waals surface area contributed by atoms with E-state index >= 15 is 0 Å². The Labute approximate surface area is 275 Å². The summed E-state index contributed by atoms with van der Waals surface area (Å²) in [7, 11) is 0. The molecule has 0 fully saturated rings. The van der Waals surface area contributed by atoms with Crippen LogP contribution in [0.25, 0.3) is 99.4 Å². The molecule has 10 rings (SSSR count). The fourth-order valence-electron chi connectivity index (χ4n) is 7.14. The van der Waals surface area contributed by atoms with E-state index in [4.69, 9.17) is 18.8 Å². The summed E-state index contributed by atoms with van der Waals surface area (Å²) in [6.45, 7) is 0. The van der Waals surface area contributed by atoms with Crippen molar-refractivity contribution in [3.05, 3.63) is 158 Å². The predicted octanol–water partition coefficient (Wildman–Crippen LogP) is 12.1. The topological polar surface area (TPSA) is 52.1 Å². The Bertz CT molecular complexity index is 2630. The number of rotatable bonds is 4. The fraction of sp³-hybridized carbons (Fsp3) is 0. The summed E-state index contributed by atoms with van der Waals surface area (Å²) in [6, 6.07) is 50.2. The van der Waals surface area contributed by atoms with Crippen LogP contribution in [0.15, 0.2) is 167 Å². The van der Waals surface area contributed by atoms with Gasteiger partial charge in [-0.15, -0.1) is 0 Å². The molecule has 0 aliphatic carbocycles. The van der Waals surface area contributed by atoms with Crippen LogP contribution in [-0.2, 0) is 0 Å². The first-order chi connectivity index (χ1) is 23.8. The van der Waals surface area contributed by atoms with Gasteiger partial charge in [-0.2, -0.15) is 0 Å². The molecule has 0 aliphatic rings. The van der Waals surface area contributed by atoms with Crippen LogP contribution in [0.5, 0.6) is 0 Å². The van der Waals surface area contributed by atoms with E-state index in [1.54, 1.807) is 0 Å². The van der Waals surface area contributed by atoms with Crippen molar-refractivity contribution in [2.75, 3.05) is 0 Å². The van der Waals surface area contributed by atoms with Crippen LogP contribution in [0.4, 0.5) is 0 Å². The molecule has 10 aromatic rings. The minimum atomic E-state index is 0.864. The Morgan fingerprint density at radius 2 is 0.708 bits per heavy atom. The summed E-state index contributed by atoms with van der Waals surface area (Å²) in [5.41, 5.74) is 11.6. The highest BCUT2D eigenvalue weighted by atomic mass is 16.3. The average molecular weight is 615 g/mol. The molecule has 0 atom stereocenters. The van der Waals surface area contributed by atoms with Gasteiger partial charge in [-0.05, 0) is 58.3 Å². The molecule has 48 heavy (non-hydrogen) atoms.